The Bertz CT molecular complexity index is 1140. The van der Waals surface area contributed by atoms with Gasteiger partial charge in [-0.1, -0.05) is 36.4 Å². The van der Waals surface area contributed by atoms with E-state index in [2.05, 4.69) is 10.1 Å². The van der Waals surface area contributed by atoms with Crippen molar-refractivity contribution in [1.82, 2.24) is 4.90 Å². The molecule has 8 heteroatoms. The van der Waals surface area contributed by atoms with E-state index in [1.54, 1.807) is 11.0 Å². The number of piperidine rings is 1. The highest BCUT2D eigenvalue weighted by atomic mass is 19.4. The van der Waals surface area contributed by atoms with Crippen molar-refractivity contribution < 1.29 is 27.5 Å². The highest BCUT2D eigenvalue weighted by Gasteiger charge is 2.30. The molecule has 1 unspecified atom stereocenters. The molecule has 4 rings (SSSR count). The molecule has 3 aromatic rings. The van der Waals surface area contributed by atoms with Crippen LogP contribution in [0.15, 0.2) is 66.7 Å². The topological polar surface area (TPSA) is 58.6 Å². The Labute approximate surface area is 189 Å². The van der Waals surface area contributed by atoms with Gasteiger partial charge in [0.15, 0.2) is 6.61 Å². The zero-order valence-corrected chi connectivity index (χ0v) is 17.8. The van der Waals surface area contributed by atoms with Crippen LogP contribution in [0.4, 0.5) is 18.9 Å². The maximum atomic E-state index is 13.2. The van der Waals surface area contributed by atoms with Gasteiger partial charge in [-0.2, -0.15) is 13.2 Å². The summed E-state index contributed by atoms with van der Waals surface area (Å²) in [6, 6.07) is 19.0. The van der Waals surface area contributed by atoms with Crippen molar-refractivity contribution >= 4 is 28.3 Å². The third kappa shape index (κ3) is 5.63. The minimum Gasteiger partial charge on any atom is -0.484 e. The SMILES string of the molecule is O=C(Nc1ccc(OCC(F)(F)F)cc1)C1CCCN(C(=O)c2cccc3ccccc23)C1. The van der Waals surface area contributed by atoms with E-state index < -0.39 is 12.8 Å². The summed E-state index contributed by atoms with van der Waals surface area (Å²) < 4.78 is 41.5. The average Bonchev–Trinajstić information content (AvgIpc) is 2.82. The molecule has 1 aliphatic rings. The number of fused-ring (bicyclic) bond motifs is 1. The zero-order valence-electron chi connectivity index (χ0n) is 17.8. The van der Waals surface area contributed by atoms with E-state index in [9.17, 15) is 22.8 Å². The quantitative estimate of drug-likeness (QED) is 0.569. The van der Waals surface area contributed by atoms with Crippen molar-refractivity contribution in [2.24, 2.45) is 5.92 Å². The first-order chi connectivity index (χ1) is 15.8. The van der Waals surface area contributed by atoms with Crippen LogP contribution in [0, 0.1) is 5.92 Å². The first kappa shape index (κ1) is 22.6. The van der Waals surface area contributed by atoms with Crippen LogP contribution in [0.25, 0.3) is 10.8 Å². The number of benzene rings is 3. The van der Waals surface area contributed by atoms with Crippen molar-refractivity contribution in [2.45, 2.75) is 19.0 Å². The third-order valence-electron chi connectivity index (χ3n) is 5.62. The number of hydrogen-bond acceptors (Lipinski definition) is 3. The Morgan fingerprint density at radius 1 is 1.00 bits per heavy atom. The zero-order chi connectivity index (χ0) is 23.4. The summed E-state index contributed by atoms with van der Waals surface area (Å²) in [6.07, 6.45) is -3.06. The van der Waals surface area contributed by atoms with Gasteiger partial charge in [-0.3, -0.25) is 9.59 Å². The molecule has 0 bridgehead atoms. The number of hydrogen-bond donors (Lipinski definition) is 1. The highest BCUT2D eigenvalue weighted by Crippen LogP contribution is 2.25. The van der Waals surface area contributed by atoms with Gasteiger partial charge in [-0.15, -0.1) is 0 Å². The summed E-state index contributed by atoms with van der Waals surface area (Å²) in [4.78, 5) is 27.7. The number of likely N-dealkylation sites (tertiary alicyclic amines) is 1. The second-order valence-corrected chi connectivity index (χ2v) is 8.03. The van der Waals surface area contributed by atoms with Crippen molar-refractivity contribution in [1.29, 1.82) is 0 Å². The van der Waals surface area contributed by atoms with E-state index in [1.165, 1.54) is 24.3 Å². The van der Waals surface area contributed by atoms with E-state index in [4.69, 9.17) is 0 Å². The average molecular weight is 456 g/mol. The number of nitrogens with one attached hydrogen (secondary N) is 1. The first-order valence-corrected chi connectivity index (χ1v) is 10.7. The van der Waals surface area contributed by atoms with Crippen LogP contribution < -0.4 is 10.1 Å². The lowest BCUT2D eigenvalue weighted by atomic mass is 9.95. The number of ether oxygens (including phenoxy) is 1. The molecular formula is C25H23F3N2O3. The first-order valence-electron chi connectivity index (χ1n) is 10.7. The lowest BCUT2D eigenvalue weighted by molar-refractivity contribution is -0.153. The van der Waals surface area contributed by atoms with Gasteiger partial charge >= 0.3 is 6.18 Å². The molecule has 0 aromatic heterocycles. The largest absolute Gasteiger partial charge is 0.484 e. The van der Waals surface area contributed by atoms with Crippen molar-refractivity contribution in [3.63, 3.8) is 0 Å². The van der Waals surface area contributed by atoms with Crippen molar-refractivity contribution in [3.05, 3.63) is 72.3 Å². The fourth-order valence-corrected chi connectivity index (χ4v) is 4.00. The molecule has 1 saturated heterocycles. The van der Waals surface area contributed by atoms with Crippen LogP contribution in [0.5, 0.6) is 5.75 Å². The minimum atomic E-state index is -4.41. The molecule has 1 aliphatic heterocycles. The lowest BCUT2D eigenvalue weighted by Crippen LogP contribution is -2.43. The van der Waals surface area contributed by atoms with E-state index >= 15 is 0 Å². The van der Waals surface area contributed by atoms with Gasteiger partial charge in [0, 0.05) is 24.3 Å². The van der Waals surface area contributed by atoms with Gasteiger partial charge in [-0.25, -0.2) is 0 Å². The molecule has 33 heavy (non-hydrogen) atoms. The number of nitrogens with zero attached hydrogens (tertiary/aromatic N) is 1. The van der Waals surface area contributed by atoms with Gasteiger partial charge in [0.1, 0.15) is 5.75 Å². The summed E-state index contributed by atoms with van der Waals surface area (Å²) >= 11 is 0. The number of anilines is 1. The Hall–Kier alpha value is -3.55. The number of alkyl halides is 3. The predicted octanol–water partition coefficient (Wildman–Crippen LogP) is 5.27. The summed E-state index contributed by atoms with van der Waals surface area (Å²) in [5.74, 6) is -0.640. The Kier molecular flexibility index (Phi) is 6.53. The molecule has 3 aromatic carbocycles. The Balaban J connectivity index is 1.39. The van der Waals surface area contributed by atoms with Gasteiger partial charge in [-0.05, 0) is 53.9 Å². The fraction of sp³-hybridized carbons (Fsp3) is 0.280. The summed E-state index contributed by atoms with van der Waals surface area (Å²) in [6.45, 7) is -0.487. The van der Waals surface area contributed by atoms with Crippen LogP contribution in [0.3, 0.4) is 0 Å². The van der Waals surface area contributed by atoms with E-state index in [0.717, 1.165) is 10.8 Å². The van der Waals surface area contributed by atoms with Crippen molar-refractivity contribution in [3.8, 4) is 5.75 Å². The summed E-state index contributed by atoms with van der Waals surface area (Å²) in [5, 5.41) is 4.65. The molecule has 1 atom stereocenters. The summed E-state index contributed by atoms with van der Waals surface area (Å²) in [5.41, 5.74) is 1.07. The number of halogens is 3. The van der Waals surface area contributed by atoms with E-state index in [1.807, 2.05) is 36.4 Å². The number of amides is 2. The van der Waals surface area contributed by atoms with Crippen LogP contribution in [-0.2, 0) is 4.79 Å². The van der Waals surface area contributed by atoms with E-state index in [-0.39, 0.29) is 23.5 Å². The Morgan fingerprint density at radius 3 is 2.48 bits per heavy atom. The molecule has 0 spiro atoms. The molecule has 172 valence electrons. The highest BCUT2D eigenvalue weighted by molar-refractivity contribution is 6.07. The molecule has 1 heterocycles. The van der Waals surface area contributed by atoms with Gasteiger partial charge in [0.25, 0.3) is 5.91 Å². The number of carbonyl (C=O) groups is 2. The predicted molar refractivity (Wildman–Crippen MR) is 119 cm³/mol. The second kappa shape index (κ2) is 9.52. The van der Waals surface area contributed by atoms with Crippen LogP contribution in [0.1, 0.15) is 23.2 Å². The molecule has 0 saturated carbocycles. The molecule has 2 amide bonds. The van der Waals surface area contributed by atoms with Crippen LogP contribution in [0.2, 0.25) is 0 Å². The number of rotatable bonds is 5. The number of carbonyl (C=O) groups excluding carboxylic acids is 2. The normalized spacial score (nSPS) is 16.5. The molecular weight excluding hydrogens is 433 g/mol. The van der Waals surface area contributed by atoms with Crippen LogP contribution in [-0.4, -0.2) is 42.6 Å². The fourth-order valence-electron chi connectivity index (χ4n) is 4.00. The summed E-state index contributed by atoms with van der Waals surface area (Å²) in [7, 11) is 0. The van der Waals surface area contributed by atoms with E-state index in [0.29, 0.717) is 37.2 Å². The molecule has 1 N–H and O–H groups in total. The maximum Gasteiger partial charge on any atom is 0.422 e. The Morgan fingerprint density at radius 2 is 1.73 bits per heavy atom. The second-order valence-electron chi connectivity index (χ2n) is 8.03. The molecule has 1 fully saturated rings. The monoisotopic (exact) mass is 456 g/mol. The van der Waals surface area contributed by atoms with Gasteiger partial charge < -0.3 is 15.0 Å². The van der Waals surface area contributed by atoms with Crippen LogP contribution >= 0.6 is 0 Å². The molecule has 0 radical (unpaired) electrons. The smallest absolute Gasteiger partial charge is 0.422 e. The minimum absolute atomic E-state index is 0.0647. The van der Waals surface area contributed by atoms with Gasteiger partial charge in [0.2, 0.25) is 5.91 Å². The van der Waals surface area contributed by atoms with Crippen molar-refractivity contribution in [2.75, 3.05) is 25.0 Å². The lowest BCUT2D eigenvalue weighted by Gasteiger charge is -2.32. The van der Waals surface area contributed by atoms with Gasteiger partial charge in [0.05, 0.1) is 5.92 Å². The standard InChI is InChI=1S/C25H23F3N2O3/c26-25(27,28)16-33-20-12-10-19(11-13-20)29-23(31)18-7-4-14-30(15-18)24(32)22-9-3-6-17-5-1-2-8-21(17)22/h1-3,5-6,8-13,18H,4,7,14-16H2,(H,29,31). The molecule has 5 nitrogen and oxygen atoms in total. The third-order valence-corrected chi connectivity index (χ3v) is 5.62. The maximum absolute atomic E-state index is 13.2. The molecule has 0 aliphatic carbocycles.